The first kappa shape index (κ1) is 20.5. The van der Waals surface area contributed by atoms with Gasteiger partial charge in [0.15, 0.2) is 6.04 Å². The van der Waals surface area contributed by atoms with Gasteiger partial charge in [0.25, 0.3) is 5.91 Å². The predicted octanol–water partition coefficient (Wildman–Crippen LogP) is 3.46. The number of ether oxygens (including phenoxy) is 2. The van der Waals surface area contributed by atoms with Crippen LogP contribution in [0.25, 0.3) is 0 Å². The van der Waals surface area contributed by atoms with Crippen LogP contribution in [0.5, 0.6) is 5.75 Å². The van der Waals surface area contributed by atoms with Gasteiger partial charge in [-0.1, -0.05) is 12.1 Å². The Labute approximate surface area is 171 Å². The van der Waals surface area contributed by atoms with Gasteiger partial charge in [0, 0.05) is 19.6 Å². The number of alkyl halides is 3. The average molecular weight is 424 g/mol. The highest BCUT2D eigenvalue weighted by molar-refractivity contribution is 5.98. The summed E-state index contributed by atoms with van der Waals surface area (Å²) in [6.07, 6.45) is -1.87. The monoisotopic (exact) mass is 424 g/mol. The lowest BCUT2D eigenvalue weighted by Crippen LogP contribution is -2.37. The maximum atomic E-state index is 13.8. The van der Waals surface area contributed by atoms with Crippen molar-refractivity contribution in [2.45, 2.75) is 43.6 Å². The Morgan fingerprint density at radius 3 is 2.97 bits per heavy atom. The number of rotatable bonds is 5. The Morgan fingerprint density at radius 2 is 2.27 bits per heavy atom. The van der Waals surface area contributed by atoms with E-state index in [1.165, 1.54) is 13.3 Å². The second-order valence-electron chi connectivity index (χ2n) is 7.46. The van der Waals surface area contributed by atoms with Crippen LogP contribution in [0.15, 0.2) is 30.5 Å². The van der Waals surface area contributed by atoms with Crippen LogP contribution in [0.3, 0.4) is 0 Å². The zero-order chi connectivity index (χ0) is 21.3. The van der Waals surface area contributed by atoms with Crippen LogP contribution < -0.4 is 15.4 Å². The molecule has 30 heavy (non-hydrogen) atoms. The molecule has 0 radical (unpaired) electrons. The second kappa shape index (κ2) is 8.17. The standard InChI is InChI=1S/C20H23F3N4O3/c1-29-13-5-2-4-12(8-13)16-9-17(20(21,22)23)27-18(26-16)15(11-25-27)19(28)24-10-14-6-3-7-30-14/h2,4-5,8,11,14,16-17,26H,3,6-7,9-10H2,1H3,(H,24,28)/t14-,16-,17+/m0/s1. The maximum absolute atomic E-state index is 13.8. The third-order valence-corrected chi connectivity index (χ3v) is 5.49. The van der Waals surface area contributed by atoms with Crippen molar-refractivity contribution >= 4 is 11.7 Å². The van der Waals surface area contributed by atoms with Gasteiger partial charge in [-0.15, -0.1) is 0 Å². The van der Waals surface area contributed by atoms with Gasteiger partial charge in [0.1, 0.15) is 17.1 Å². The van der Waals surface area contributed by atoms with Gasteiger partial charge in [0.05, 0.1) is 25.5 Å². The second-order valence-corrected chi connectivity index (χ2v) is 7.46. The molecule has 1 fully saturated rings. The molecule has 1 aromatic carbocycles. The summed E-state index contributed by atoms with van der Waals surface area (Å²) < 4.78 is 52.9. The van der Waals surface area contributed by atoms with Crippen molar-refractivity contribution in [3.8, 4) is 5.75 Å². The Kier molecular flexibility index (Phi) is 5.59. The number of fused-ring (bicyclic) bond motifs is 1. The number of hydrogen-bond acceptors (Lipinski definition) is 5. The van der Waals surface area contributed by atoms with Crippen molar-refractivity contribution < 1.29 is 27.4 Å². The molecule has 3 heterocycles. The number of nitrogens with one attached hydrogen (secondary N) is 2. The van der Waals surface area contributed by atoms with E-state index in [1.54, 1.807) is 24.3 Å². The molecule has 0 spiro atoms. The molecule has 0 unspecified atom stereocenters. The van der Waals surface area contributed by atoms with Gasteiger partial charge in [0.2, 0.25) is 0 Å². The molecule has 0 saturated carbocycles. The molecular formula is C20H23F3N4O3. The number of carbonyl (C=O) groups excluding carboxylic acids is 1. The van der Waals surface area contributed by atoms with E-state index in [0.29, 0.717) is 24.5 Å². The van der Waals surface area contributed by atoms with Crippen molar-refractivity contribution in [2.24, 2.45) is 0 Å². The van der Waals surface area contributed by atoms with Crippen molar-refractivity contribution in [1.82, 2.24) is 15.1 Å². The number of benzene rings is 1. The fourth-order valence-electron chi connectivity index (χ4n) is 3.91. The fraction of sp³-hybridized carbons (Fsp3) is 0.500. The minimum atomic E-state index is -4.51. The summed E-state index contributed by atoms with van der Waals surface area (Å²) in [6, 6.07) is 4.37. The van der Waals surface area contributed by atoms with Gasteiger partial charge in [-0.05, 0) is 30.5 Å². The number of nitrogens with zero attached hydrogens (tertiary/aromatic N) is 2. The largest absolute Gasteiger partial charge is 0.497 e. The lowest BCUT2D eigenvalue weighted by Gasteiger charge is -2.34. The van der Waals surface area contributed by atoms with Crippen LogP contribution in [0.4, 0.5) is 19.0 Å². The fourth-order valence-corrected chi connectivity index (χ4v) is 3.91. The molecule has 1 amide bonds. The molecule has 2 aliphatic heterocycles. The number of amides is 1. The minimum Gasteiger partial charge on any atom is -0.497 e. The molecule has 1 aromatic heterocycles. The lowest BCUT2D eigenvalue weighted by atomic mass is 9.96. The smallest absolute Gasteiger partial charge is 0.410 e. The van der Waals surface area contributed by atoms with Crippen molar-refractivity contribution in [2.75, 3.05) is 25.6 Å². The van der Waals surface area contributed by atoms with Gasteiger partial charge in [-0.2, -0.15) is 18.3 Å². The summed E-state index contributed by atoms with van der Waals surface area (Å²) in [5.41, 5.74) is 0.719. The normalized spacial score (nSPS) is 23.5. The summed E-state index contributed by atoms with van der Waals surface area (Å²) in [4.78, 5) is 12.7. The van der Waals surface area contributed by atoms with Crippen LogP contribution >= 0.6 is 0 Å². The predicted molar refractivity (Wildman–Crippen MR) is 103 cm³/mol. The van der Waals surface area contributed by atoms with Crippen LogP contribution in [-0.4, -0.2) is 48.2 Å². The van der Waals surface area contributed by atoms with Crippen LogP contribution in [0.2, 0.25) is 0 Å². The summed E-state index contributed by atoms with van der Waals surface area (Å²) in [5.74, 6) is 0.124. The molecule has 0 aliphatic carbocycles. The Balaban J connectivity index is 1.61. The molecule has 7 nitrogen and oxygen atoms in total. The van der Waals surface area contributed by atoms with Crippen molar-refractivity contribution in [3.63, 3.8) is 0 Å². The van der Waals surface area contributed by atoms with Crippen molar-refractivity contribution in [3.05, 3.63) is 41.6 Å². The quantitative estimate of drug-likeness (QED) is 0.769. The van der Waals surface area contributed by atoms with Gasteiger partial charge >= 0.3 is 6.18 Å². The van der Waals surface area contributed by atoms with E-state index in [9.17, 15) is 18.0 Å². The first-order valence-corrected chi connectivity index (χ1v) is 9.81. The third-order valence-electron chi connectivity index (χ3n) is 5.49. The molecule has 2 aliphatic rings. The van der Waals surface area contributed by atoms with Crippen LogP contribution in [0.1, 0.15) is 47.3 Å². The first-order chi connectivity index (χ1) is 14.4. The highest BCUT2D eigenvalue weighted by atomic mass is 19.4. The van der Waals surface area contributed by atoms with Gasteiger partial charge < -0.3 is 20.1 Å². The third kappa shape index (κ3) is 4.09. The number of anilines is 1. The topological polar surface area (TPSA) is 77.4 Å². The summed E-state index contributed by atoms with van der Waals surface area (Å²) in [5, 5.41) is 9.71. The highest BCUT2D eigenvalue weighted by Crippen LogP contribution is 2.44. The highest BCUT2D eigenvalue weighted by Gasteiger charge is 2.47. The molecule has 1 saturated heterocycles. The van der Waals surface area contributed by atoms with E-state index >= 15 is 0 Å². The van der Waals surface area contributed by atoms with Gasteiger partial charge in [-0.25, -0.2) is 4.68 Å². The molecule has 3 atom stereocenters. The number of carbonyl (C=O) groups is 1. The summed E-state index contributed by atoms with van der Waals surface area (Å²) >= 11 is 0. The molecular weight excluding hydrogens is 401 g/mol. The van der Waals surface area contributed by atoms with E-state index in [2.05, 4.69) is 15.7 Å². The number of hydrogen-bond donors (Lipinski definition) is 2. The number of aromatic nitrogens is 2. The molecule has 4 rings (SSSR count). The maximum Gasteiger partial charge on any atom is 0.410 e. The van der Waals surface area contributed by atoms with Gasteiger partial charge in [-0.3, -0.25) is 4.79 Å². The molecule has 0 bridgehead atoms. The SMILES string of the molecule is COc1cccc([C@@H]2C[C@H](C(F)(F)F)n3ncc(C(=O)NC[C@@H]4CCCO4)c3N2)c1. The van der Waals surface area contributed by atoms with E-state index in [0.717, 1.165) is 17.5 Å². The van der Waals surface area contributed by atoms with E-state index in [4.69, 9.17) is 9.47 Å². The zero-order valence-electron chi connectivity index (χ0n) is 16.4. The molecule has 10 heteroatoms. The van der Waals surface area contributed by atoms with E-state index < -0.39 is 24.2 Å². The molecule has 162 valence electrons. The minimum absolute atomic E-state index is 0.0567. The number of methoxy groups -OCH3 is 1. The zero-order valence-corrected chi connectivity index (χ0v) is 16.4. The van der Waals surface area contributed by atoms with Crippen LogP contribution in [-0.2, 0) is 4.74 Å². The lowest BCUT2D eigenvalue weighted by molar-refractivity contribution is -0.173. The summed E-state index contributed by atoms with van der Waals surface area (Å²) in [7, 11) is 1.50. The van der Waals surface area contributed by atoms with E-state index in [1.807, 2.05) is 0 Å². The Morgan fingerprint density at radius 1 is 1.43 bits per heavy atom. The Hall–Kier alpha value is -2.75. The van der Waals surface area contributed by atoms with Crippen LogP contribution in [0, 0.1) is 0 Å². The molecule has 2 N–H and O–H groups in total. The Bertz CT molecular complexity index is 909. The average Bonchev–Trinajstić information content (AvgIpc) is 3.40. The molecule has 2 aromatic rings. The van der Waals surface area contributed by atoms with Crippen molar-refractivity contribution in [1.29, 1.82) is 0 Å². The van der Waals surface area contributed by atoms with E-state index in [-0.39, 0.29) is 23.9 Å². The first-order valence-electron chi connectivity index (χ1n) is 9.81. The summed E-state index contributed by atoms with van der Waals surface area (Å²) in [6.45, 7) is 0.965. The number of halogens is 3.